The SMILES string of the molecule is CC(C)(C)c1ccccc1[S+](c1ccccc1)c1ccccc1.[Br-]. The summed E-state index contributed by atoms with van der Waals surface area (Å²) in [4.78, 5) is 4.17. The summed E-state index contributed by atoms with van der Waals surface area (Å²) in [5.74, 6) is 0. The van der Waals surface area contributed by atoms with Gasteiger partial charge in [0.1, 0.15) is 0 Å². The summed E-state index contributed by atoms with van der Waals surface area (Å²) < 4.78 is 0. The Morgan fingerprint density at radius 2 is 1.00 bits per heavy atom. The van der Waals surface area contributed by atoms with Gasteiger partial charge in [-0.05, 0) is 35.7 Å². The van der Waals surface area contributed by atoms with Gasteiger partial charge in [0.25, 0.3) is 0 Å². The average molecular weight is 399 g/mol. The molecule has 0 nitrogen and oxygen atoms in total. The highest BCUT2D eigenvalue weighted by Gasteiger charge is 2.33. The third kappa shape index (κ3) is 4.12. The predicted molar refractivity (Wildman–Crippen MR) is 100 cm³/mol. The summed E-state index contributed by atoms with van der Waals surface area (Å²) >= 11 is 0. The highest BCUT2D eigenvalue weighted by Crippen LogP contribution is 2.37. The van der Waals surface area contributed by atoms with Crippen molar-refractivity contribution >= 4 is 10.9 Å². The van der Waals surface area contributed by atoms with E-state index in [-0.39, 0.29) is 33.3 Å². The molecule has 0 aliphatic rings. The van der Waals surface area contributed by atoms with Crippen LogP contribution >= 0.6 is 0 Å². The van der Waals surface area contributed by atoms with Crippen molar-refractivity contribution in [2.45, 2.75) is 40.9 Å². The van der Waals surface area contributed by atoms with E-state index >= 15 is 0 Å². The number of hydrogen-bond acceptors (Lipinski definition) is 0. The van der Waals surface area contributed by atoms with Crippen molar-refractivity contribution in [3.63, 3.8) is 0 Å². The van der Waals surface area contributed by atoms with E-state index < -0.39 is 0 Å². The first-order valence-electron chi connectivity index (χ1n) is 8.01. The van der Waals surface area contributed by atoms with Gasteiger partial charge in [-0.3, -0.25) is 0 Å². The second-order valence-corrected chi connectivity index (χ2v) is 8.67. The van der Waals surface area contributed by atoms with Crippen molar-refractivity contribution in [2.75, 3.05) is 0 Å². The highest BCUT2D eigenvalue weighted by atomic mass is 79.9. The molecule has 3 rings (SSSR count). The van der Waals surface area contributed by atoms with E-state index in [1.807, 2.05) is 0 Å². The van der Waals surface area contributed by atoms with Crippen LogP contribution in [0.15, 0.2) is 99.6 Å². The molecule has 0 radical (unpaired) electrons. The van der Waals surface area contributed by atoms with E-state index in [0.717, 1.165) is 0 Å². The van der Waals surface area contributed by atoms with E-state index in [0.29, 0.717) is 0 Å². The zero-order valence-corrected chi connectivity index (χ0v) is 16.8. The molecule has 124 valence electrons. The minimum absolute atomic E-state index is 0. The Bertz CT molecular complexity index is 721. The van der Waals surface area contributed by atoms with Crippen LogP contribution in [0.5, 0.6) is 0 Å². The highest BCUT2D eigenvalue weighted by molar-refractivity contribution is 7.97. The molecule has 3 aromatic rings. The molecule has 24 heavy (non-hydrogen) atoms. The number of rotatable bonds is 3. The molecule has 0 fully saturated rings. The summed E-state index contributed by atoms with van der Waals surface area (Å²) in [5.41, 5.74) is 1.56. The largest absolute Gasteiger partial charge is 1.00 e. The molecule has 0 saturated carbocycles. The first-order chi connectivity index (χ1) is 11.1. The predicted octanol–water partition coefficient (Wildman–Crippen LogP) is 3.08. The van der Waals surface area contributed by atoms with Crippen LogP contribution in [0, 0.1) is 0 Å². The molecule has 0 amide bonds. The zero-order chi connectivity index (χ0) is 16.3. The molecule has 3 aromatic carbocycles. The van der Waals surface area contributed by atoms with Gasteiger partial charge in [0.2, 0.25) is 0 Å². The quantitative estimate of drug-likeness (QED) is 0.594. The van der Waals surface area contributed by atoms with Crippen LogP contribution in [0.1, 0.15) is 26.3 Å². The van der Waals surface area contributed by atoms with Gasteiger partial charge < -0.3 is 17.0 Å². The normalized spacial score (nSPS) is 11.2. The Labute approximate surface area is 159 Å². The fourth-order valence-corrected chi connectivity index (χ4v) is 5.21. The van der Waals surface area contributed by atoms with Crippen LogP contribution in [-0.2, 0) is 16.3 Å². The third-order valence-electron chi connectivity index (χ3n) is 3.87. The van der Waals surface area contributed by atoms with Crippen molar-refractivity contribution in [1.82, 2.24) is 0 Å². The lowest BCUT2D eigenvalue weighted by atomic mass is 9.87. The lowest BCUT2D eigenvalue weighted by Crippen LogP contribution is -3.00. The number of halogens is 1. The molecule has 0 spiro atoms. The molecule has 0 heterocycles. The van der Waals surface area contributed by atoms with Gasteiger partial charge in [-0.1, -0.05) is 75.4 Å². The van der Waals surface area contributed by atoms with Crippen molar-refractivity contribution in [2.24, 2.45) is 0 Å². The summed E-state index contributed by atoms with van der Waals surface area (Å²) in [6.07, 6.45) is 0. The van der Waals surface area contributed by atoms with Crippen LogP contribution in [0.3, 0.4) is 0 Å². The summed E-state index contributed by atoms with van der Waals surface area (Å²) in [5, 5.41) is 0. The molecule has 0 bridgehead atoms. The summed E-state index contributed by atoms with van der Waals surface area (Å²) in [6, 6.07) is 30.6. The lowest BCUT2D eigenvalue weighted by molar-refractivity contribution is -0.00000503. The van der Waals surface area contributed by atoms with Gasteiger partial charge >= 0.3 is 0 Å². The number of hydrogen-bond donors (Lipinski definition) is 0. The molecular weight excluding hydrogens is 376 g/mol. The summed E-state index contributed by atoms with van der Waals surface area (Å²) in [7, 11) is -0.0727. The first-order valence-corrected chi connectivity index (χ1v) is 9.24. The standard InChI is InChI=1S/C22H23S.BrH/c1-22(2,3)20-16-10-11-17-21(20)23(18-12-6-4-7-13-18)19-14-8-5-9-15-19;/h4-17H,1-3H3;1H/q+1;/p-1. The van der Waals surface area contributed by atoms with Gasteiger partial charge in [0, 0.05) is 5.56 Å². The second kappa shape index (κ2) is 8.04. The van der Waals surface area contributed by atoms with Crippen molar-refractivity contribution in [3.05, 3.63) is 90.5 Å². The molecule has 0 unspecified atom stereocenters. The van der Waals surface area contributed by atoms with E-state index in [4.69, 9.17) is 0 Å². The Balaban J connectivity index is 0.00000208. The van der Waals surface area contributed by atoms with Crippen molar-refractivity contribution in [1.29, 1.82) is 0 Å². The second-order valence-electron chi connectivity index (χ2n) is 6.68. The topological polar surface area (TPSA) is 0 Å². The average Bonchev–Trinajstić information content (AvgIpc) is 2.57. The minimum atomic E-state index is -0.0727. The van der Waals surface area contributed by atoms with Crippen molar-refractivity contribution < 1.29 is 17.0 Å². The van der Waals surface area contributed by atoms with E-state index in [1.165, 1.54) is 20.2 Å². The van der Waals surface area contributed by atoms with Gasteiger partial charge in [0.05, 0.1) is 10.9 Å². The van der Waals surface area contributed by atoms with Crippen molar-refractivity contribution in [3.8, 4) is 0 Å². The smallest absolute Gasteiger partial charge is 0.170 e. The van der Waals surface area contributed by atoms with Crippen LogP contribution in [0.2, 0.25) is 0 Å². The lowest BCUT2D eigenvalue weighted by Gasteiger charge is -2.22. The monoisotopic (exact) mass is 398 g/mol. The Hall–Kier alpha value is -1.51. The zero-order valence-electron chi connectivity index (χ0n) is 14.4. The third-order valence-corrected chi connectivity index (χ3v) is 6.16. The molecule has 0 aromatic heterocycles. The van der Waals surface area contributed by atoms with Gasteiger partial charge in [-0.25, -0.2) is 0 Å². The van der Waals surface area contributed by atoms with Crippen LogP contribution in [0.4, 0.5) is 0 Å². The molecule has 0 aliphatic carbocycles. The van der Waals surface area contributed by atoms with E-state index in [2.05, 4.69) is 106 Å². The fraction of sp³-hybridized carbons (Fsp3) is 0.182. The maximum atomic E-state index is 2.30. The maximum Gasteiger partial charge on any atom is 0.170 e. The molecule has 0 aliphatic heterocycles. The summed E-state index contributed by atoms with van der Waals surface area (Å²) in [6.45, 7) is 6.88. The molecule has 0 saturated heterocycles. The van der Waals surface area contributed by atoms with Gasteiger partial charge in [-0.2, -0.15) is 0 Å². The Kier molecular flexibility index (Phi) is 6.31. The first kappa shape index (κ1) is 18.8. The molecular formula is C22H23BrS. The van der Waals surface area contributed by atoms with Gasteiger partial charge in [0.15, 0.2) is 14.7 Å². The number of benzene rings is 3. The Morgan fingerprint density at radius 1 is 0.583 bits per heavy atom. The Morgan fingerprint density at radius 3 is 1.46 bits per heavy atom. The maximum absolute atomic E-state index is 2.30. The molecule has 0 atom stereocenters. The minimum Gasteiger partial charge on any atom is -1.00 e. The van der Waals surface area contributed by atoms with E-state index in [9.17, 15) is 0 Å². The van der Waals surface area contributed by atoms with Gasteiger partial charge in [-0.15, -0.1) is 0 Å². The molecule has 0 N–H and O–H groups in total. The van der Waals surface area contributed by atoms with E-state index in [1.54, 1.807) is 0 Å². The fourth-order valence-electron chi connectivity index (χ4n) is 2.77. The van der Waals surface area contributed by atoms with Crippen LogP contribution in [0.25, 0.3) is 0 Å². The van der Waals surface area contributed by atoms with Crippen LogP contribution in [-0.4, -0.2) is 0 Å². The van der Waals surface area contributed by atoms with Crippen LogP contribution < -0.4 is 17.0 Å². The molecule has 2 heteroatoms.